The third kappa shape index (κ3) is 5.42. The predicted octanol–water partition coefficient (Wildman–Crippen LogP) is 7.92. The lowest BCUT2D eigenvalue weighted by atomic mass is 9.86. The smallest absolute Gasteiger partial charge is 0.339 e. The standard InChI is InChI=1S/C34H36F3N5O2Si/c1-45(2)25-19-21(41-15-7-3-4-8-16-41)11-13-23(25)27(24-14-12-22(20-26(24)45)42-17-9-5-6-10-18-42)28-29(34(43)44)30(35)32(37)33(31(28)36)39-40-38/h11-14,19-20H,3-10,15-18H2,1-2H3/p+1. The molecule has 0 radical (unpaired) electrons. The second-order valence-electron chi connectivity index (χ2n) is 12.8. The van der Waals surface area contributed by atoms with Crippen molar-refractivity contribution in [3.05, 3.63) is 91.8 Å². The number of nitrogens with zero attached hydrogens (tertiary/aromatic N) is 5. The van der Waals surface area contributed by atoms with Gasteiger partial charge in [-0.15, -0.1) is 0 Å². The fourth-order valence-corrected chi connectivity index (χ4v) is 10.4. The van der Waals surface area contributed by atoms with Gasteiger partial charge in [0.15, 0.2) is 17.3 Å². The summed E-state index contributed by atoms with van der Waals surface area (Å²) in [5, 5.41) is 15.2. The van der Waals surface area contributed by atoms with Gasteiger partial charge in [-0.2, -0.15) is 0 Å². The van der Waals surface area contributed by atoms with Gasteiger partial charge in [0.05, 0.1) is 0 Å². The van der Waals surface area contributed by atoms with Crippen LogP contribution in [0.5, 0.6) is 0 Å². The third-order valence-corrected chi connectivity index (χ3v) is 13.3. The molecule has 2 aromatic carbocycles. The minimum atomic E-state index is -2.53. The van der Waals surface area contributed by atoms with E-state index in [2.05, 4.69) is 44.7 Å². The van der Waals surface area contributed by atoms with E-state index in [9.17, 15) is 14.3 Å². The van der Waals surface area contributed by atoms with Crippen molar-refractivity contribution < 1.29 is 27.6 Å². The Kier molecular flexibility index (Phi) is 8.50. The highest BCUT2D eigenvalue weighted by Crippen LogP contribution is 2.46. The van der Waals surface area contributed by atoms with Crippen molar-refractivity contribution in [1.82, 2.24) is 0 Å². The Bertz CT molecular complexity index is 1750. The Labute approximate surface area is 261 Å². The van der Waals surface area contributed by atoms with E-state index in [-0.39, 0.29) is 5.57 Å². The predicted molar refractivity (Wildman–Crippen MR) is 173 cm³/mol. The van der Waals surface area contributed by atoms with Gasteiger partial charge >= 0.3 is 5.97 Å². The monoisotopic (exact) mass is 632 g/mol. The molecule has 0 spiro atoms. The van der Waals surface area contributed by atoms with E-state index in [4.69, 9.17) is 5.53 Å². The summed E-state index contributed by atoms with van der Waals surface area (Å²) in [4.78, 5) is 17.4. The molecule has 11 heteroatoms. The van der Waals surface area contributed by atoms with Crippen LogP contribution in [0.25, 0.3) is 16.0 Å². The number of halogens is 3. The van der Waals surface area contributed by atoms with Crippen LogP contribution in [0.4, 0.5) is 24.5 Å². The van der Waals surface area contributed by atoms with Gasteiger partial charge in [-0.25, -0.2) is 22.5 Å². The van der Waals surface area contributed by atoms with Gasteiger partial charge in [0.1, 0.15) is 38.2 Å². The Hall–Kier alpha value is -4.08. The number of hydrogen-bond acceptors (Lipinski definition) is 3. The number of hydrogen-bond donors (Lipinski definition) is 1. The van der Waals surface area contributed by atoms with Crippen LogP contribution in [-0.4, -0.2) is 55.6 Å². The van der Waals surface area contributed by atoms with Gasteiger partial charge in [0.25, 0.3) is 0 Å². The molecule has 0 aromatic heterocycles. The van der Waals surface area contributed by atoms with Crippen LogP contribution < -0.4 is 10.1 Å². The van der Waals surface area contributed by atoms with E-state index in [1.807, 2.05) is 24.3 Å². The summed E-state index contributed by atoms with van der Waals surface area (Å²) >= 11 is 0. The van der Waals surface area contributed by atoms with Gasteiger partial charge in [0, 0.05) is 54.2 Å². The van der Waals surface area contributed by atoms with Crippen LogP contribution >= 0.6 is 0 Å². The highest BCUT2D eigenvalue weighted by Gasteiger charge is 2.43. The number of aromatic carboxylic acids is 1. The molecule has 0 atom stereocenters. The number of carboxylic acid groups (broad SMARTS) is 1. The summed E-state index contributed by atoms with van der Waals surface area (Å²) in [7, 11) is -2.53. The molecular weight excluding hydrogens is 595 g/mol. The zero-order valence-electron chi connectivity index (χ0n) is 25.7. The van der Waals surface area contributed by atoms with E-state index >= 15 is 8.78 Å². The minimum absolute atomic E-state index is 0.167. The molecule has 0 saturated carbocycles. The fourth-order valence-electron chi connectivity index (χ4n) is 7.36. The van der Waals surface area contributed by atoms with Crippen molar-refractivity contribution >= 4 is 41.9 Å². The summed E-state index contributed by atoms with van der Waals surface area (Å²) in [5.74, 6) is -6.80. The normalized spacial score (nSPS) is 19.7. The van der Waals surface area contributed by atoms with Crippen molar-refractivity contribution in [2.45, 2.75) is 64.5 Å². The van der Waals surface area contributed by atoms with Gasteiger partial charge in [-0.1, -0.05) is 37.1 Å². The first kappa shape index (κ1) is 30.9. The number of fused-ring (bicyclic) bond motifs is 2. The molecule has 45 heavy (non-hydrogen) atoms. The maximum atomic E-state index is 16.4. The summed E-state index contributed by atoms with van der Waals surface area (Å²) in [6.07, 6.45) is 15.0. The molecule has 1 N–H and O–H groups in total. The molecule has 2 saturated heterocycles. The van der Waals surface area contributed by atoms with E-state index in [1.165, 1.54) is 25.7 Å². The highest BCUT2D eigenvalue weighted by molar-refractivity contribution is 6.98. The topological polar surface area (TPSA) is 92.3 Å². The maximum absolute atomic E-state index is 16.4. The Morgan fingerprint density at radius 3 is 2.27 bits per heavy atom. The van der Waals surface area contributed by atoms with Crippen LogP contribution in [0.1, 0.15) is 72.9 Å². The van der Waals surface area contributed by atoms with Crippen molar-refractivity contribution in [1.29, 1.82) is 0 Å². The van der Waals surface area contributed by atoms with Crippen LogP contribution in [0.3, 0.4) is 0 Å². The zero-order valence-corrected chi connectivity index (χ0v) is 26.7. The van der Waals surface area contributed by atoms with Crippen LogP contribution in [-0.2, 0) is 0 Å². The largest absolute Gasteiger partial charge is 0.478 e. The molecule has 4 aliphatic rings. The van der Waals surface area contributed by atoms with Crippen molar-refractivity contribution in [3.8, 4) is 0 Å². The SMILES string of the molecule is C[Si]1(C)C2=CC(=[N+]3CCCCCC3)C=CC2=C(c2c(F)c(N=[N+]=[N-])c(F)c(F)c2C(=O)O)c2ccc(N3CCCCCC3)cc21. The van der Waals surface area contributed by atoms with Crippen molar-refractivity contribution in [2.75, 3.05) is 31.1 Å². The Morgan fingerprint density at radius 1 is 0.956 bits per heavy atom. The minimum Gasteiger partial charge on any atom is -0.478 e. The molecule has 2 aromatic rings. The average molecular weight is 633 g/mol. The molecule has 0 bridgehead atoms. The summed E-state index contributed by atoms with van der Waals surface area (Å²) in [6.45, 7) is 8.13. The highest BCUT2D eigenvalue weighted by atomic mass is 28.3. The number of carbonyl (C=O) groups is 1. The summed E-state index contributed by atoms with van der Waals surface area (Å²) in [5.41, 5.74) is 9.55. The van der Waals surface area contributed by atoms with Crippen LogP contribution in [0.15, 0.2) is 52.3 Å². The van der Waals surface area contributed by atoms with Gasteiger partial charge in [-0.05, 0) is 76.5 Å². The molecule has 234 valence electrons. The number of rotatable bonds is 4. The fraction of sp³-hybridized carbons (Fsp3) is 0.412. The number of anilines is 1. The van der Waals surface area contributed by atoms with Crippen molar-refractivity contribution in [2.24, 2.45) is 5.11 Å². The van der Waals surface area contributed by atoms with Crippen LogP contribution in [0, 0.1) is 17.5 Å². The molecular formula is C34H37F3N5O2Si+. The third-order valence-electron chi connectivity index (χ3n) is 9.74. The molecule has 7 nitrogen and oxygen atoms in total. The summed E-state index contributed by atoms with van der Waals surface area (Å²) < 4.78 is 49.2. The number of azide groups is 1. The molecule has 6 rings (SSSR count). The van der Waals surface area contributed by atoms with E-state index < -0.39 is 48.3 Å². The molecule has 0 amide bonds. The van der Waals surface area contributed by atoms with Crippen LogP contribution in [0.2, 0.25) is 13.1 Å². The van der Waals surface area contributed by atoms with Gasteiger partial charge in [-0.3, -0.25) is 0 Å². The van der Waals surface area contributed by atoms with Crippen molar-refractivity contribution in [3.63, 3.8) is 0 Å². The van der Waals surface area contributed by atoms with Gasteiger partial charge < -0.3 is 10.0 Å². The number of benzene rings is 2. The summed E-state index contributed by atoms with van der Waals surface area (Å²) in [6, 6.07) is 5.96. The maximum Gasteiger partial charge on any atom is 0.339 e. The lowest BCUT2D eigenvalue weighted by Gasteiger charge is -2.39. The number of allylic oxidation sites excluding steroid dienone is 5. The second-order valence-corrected chi connectivity index (χ2v) is 17.1. The quantitative estimate of drug-likeness (QED) is 0.0927. The van der Waals surface area contributed by atoms with E-state index in [1.54, 1.807) is 0 Å². The second kappa shape index (κ2) is 12.4. The van der Waals surface area contributed by atoms with E-state index in [0.717, 1.165) is 73.6 Å². The molecule has 3 aliphatic heterocycles. The first-order valence-corrected chi connectivity index (χ1v) is 18.8. The lowest BCUT2D eigenvalue weighted by Crippen LogP contribution is -2.50. The Balaban J connectivity index is 1.68. The average Bonchev–Trinajstić information content (AvgIpc) is 3.48. The lowest BCUT2D eigenvalue weighted by molar-refractivity contribution is -0.524. The molecule has 2 fully saturated rings. The molecule has 1 aliphatic carbocycles. The first-order valence-electron chi connectivity index (χ1n) is 15.8. The zero-order chi connectivity index (χ0) is 31.9. The molecule has 0 unspecified atom stereocenters. The number of carboxylic acids is 1. The van der Waals surface area contributed by atoms with E-state index in [0.29, 0.717) is 11.1 Å². The Morgan fingerprint density at radius 2 is 1.62 bits per heavy atom. The first-order chi connectivity index (χ1) is 21.6. The molecule has 3 heterocycles. The van der Waals surface area contributed by atoms with Gasteiger partial charge in [0.2, 0.25) is 0 Å².